The minimum Gasteiger partial charge on any atom is -0.310 e. The van der Waals surface area contributed by atoms with E-state index in [0.717, 1.165) is 5.92 Å². The van der Waals surface area contributed by atoms with Crippen LogP contribution in [0.15, 0.2) is 24.3 Å². The number of rotatable bonds is 5. The maximum Gasteiger partial charge on any atom is 0.0294 e. The standard InChI is InChI=1S/C17H27N/c1-14-8-6-7-11-17(14)15(2)18-13-12-16-9-4-3-5-10-16/h6-8,11,15-16,18H,3-5,9-10,12-13H2,1-2H3/t15-/m0/s1. The first-order chi connectivity index (χ1) is 8.77. The maximum atomic E-state index is 3.69. The molecule has 1 fully saturated rings. The minimum absolute atomic E-state index is 0.481. The van der Waals surface area contributed by atoms with E-state index in [0.29, 0.717) is 6.04 Å². The molecule has 0 saturated heterocycles. The fourth-order valence-electron chi connectivity index (χ4n) is 3.16. The molecule has 0 spiro atoms. The smallest absolute Gasteiger partial charge is 0.0294 e. The van der Waals surface area contributed by atoms with Gasteiger partial charge >= 0.3 is 0 Å². The van der Waals surface area contributed by atoms with E-state index in [2.05, 4.69) is 43.4 Å². The Balaban J connectivity index is 1.74. The highest BCUT2D eigenvalue weighted by Crippen LogP contribution is 2.26. The molecule has 1 heteroatoms. The Kier molecular flexibility index (Phi) is 5.25. The molecule has 2 rings (SSSR count). The fraction of sp³-hybridized carbons (Fsp3) is 0.647. The van der Waals surface area contributed by atoms with Gasteiger partial charge in [-0.15, -0.1) is 0 Å². The van der Waals surface area contributed by atoms with Gasteiger partial charge in [-0.05, 0) is 43.9 Å². The lowest BCUT2D eigenvalue weighted by molar-refractivity contribution is 0.329. The second kappa shape index (κ2) is 6.94. The zero-order valence-electron chi connectivity index (χ0n) is 11.9. The number of hydrogen-bond acceptors (Lipinski definition) is 1. The van der Waals surface area contributed by atoms with Crippen LogP contribution < -0.4 is 5.32 Å². The van der Waals surface area contributed by atoms with Crippen molar-refractivity contribution in [2.75, 3.05) is 6.54 Å². The van der Waals surface area contributed by atoms with Crippen molar-refractivity contribution in [3.63, 3.8) is 0 Å². The van der Waals surface area contributed by atoms with Crippen LogP contribution in [0.2, 0.25) is 0 Å². The number of aryl methyl sites for hydroxylation is 1. The average Bonchev–Trinajstić information content (AvgIpc) is 2.40. The van der Waals surface area contributed by atoms with Gasteiger partial charge in [0.2, 0.25) is 0 Å². The summed E-state index contributed by atoms with van der Waals surface area (Å²) in [4.78, 5) is 0. The first-order valence-corrected chi connectivity index (χ1v) is 7.56. The van der Waals surface area contributed by atoms with Gasteiger partial charge in [0.1, 0.15) is 0 Å². The lowest BCUT2D eigenvalue weighted by atomic mass is 9.87. The number of hydrogen-bond donors (Lipinski definition) is 1. The summed E-state index contributed by atoms with van der Waals surface area (Å²) in [6.07, 6.45) is 8.65. The van der Waals surface area contributed by atoms with Gasteiger partial charge in [-0.25, -0.2) is 0 Å². The molecule has 0 aliphatic heterocycles. The summed E-state index contributed by atoms with van der Waals surface area (Å²) in [5.41, 5.74) is 2.84. The Labute approximate surface area is 112 Å². The van der Waals surface area contributed by atoms with Gasteiger partial charge in [-0.1, -0.05) is 56.4 Å². The van der Waals surface area contributed by atoms with Crippen LogP contribution in [0, 0.1) is 12.8 Å². The lowest BCUT2D eigenvalue weighted by Gasteiger charge is -2.23. The summed E-state index contributed by atoms with van der Waals surface area (Å²) in [6.45, 7) is 5.65. The third-order valence-electron chi connectivity index (χ3n) is 4.38. The summed E-state index contributed by atoms with van der Waals surface area (Å²) < 4.78 is 0. The highest BCUT2D eigenvalue weighted by molar-refractivity contribution is 5.28. The van der Waals surface area contributed by atoms with E-state index in [-0.39, 0.29) is 0 Å². The Bertz CT molecular complexity index is 352. The zero-order chi connectivity index (χ0) is 12.8. The SMILES string of the molecule is Cc1ccccc1[C@H](C)NCCC1CCCCC1. The van der Waals surface area contributed by atoms with Crippen LogP contribution in [0.3, 0.4) is 0 Å². The van der Waals surface area contributed by atoms with Gasteiger partial charge in [-0.2, -0.15) is 0 Å². The van der Waals surface area contributed by atoms with E-state index in [1.807, 2.05) is 0 Å². The molecule has 1 aromatic carbocycles. The van der Waals surface area contributed by atoms with Crippen LogP contribution in [0.1, 0.15) is 62.6 Å². The summed E-state index contributed by atoms with van der Waals surface area (Å²) >= 11 is 0. The van der Waals surface area contributed by atoms with E-state index in [9.17, 15) is 0 Å². The van der Waals surface area contributed by atoms with E-state index >= 15 is 0 Å². The summed E-state index contributed by atoms with van der Waals surface area (Å²) in [7, 11) is 0. The lowest BCUT2D eigenvalue weighted by Crippen LogP contribution is -2.23. The van der Waals surface area contributed by atoms with E-state index in [1.165, 1.54) is 56.2 Å². The number of benzene rings is 1. The molecular weight excluding hydrogens is 218 g/mol. The third kappa shape index (κ3) is 3.84. The zero-order valence-corrected chi connectivity index (χ0v) is 11.9. The molecule has 1 aliphatic carbocycles. The number of nitrogens with one attached hydrogen (secondary N) is 1. The van der Waals surface area contributed by atoms with Gasteiger partial charge in [0.25, 0.3) is 0 Å². The van der Waals surface area contributed by atoms with E-state index in [4.69, 9.17) is 0 Å². The van der Waals surface area contributed by atoms with Crippen molar-refractivity contribution in [2.45, 2.75) is 58.4 Å². The Morgan fingerprint density at radius 3 is 2.61 bits per heavy atom. The monoisotopic (exact) mass is 245 g/mol. The Hall–Kier alpha value is -0.820. The van der Waals surface area contributed by atoms with Crippen molar-refractivity contribution in [1.29, 1.82) is 0 Å². The molecule has 100 valence electrons. The van der Waals surface area contributed by atoms with Crippen molar-refractivity contribution in [2.24, 2.45) is 5.92 Å². The minimum atomic E-state index is 0.481. The molecule has 0 aromatic heterocycles. The molecule has 0 bridgehead atoms. The summed E-state index contributed by atoms with van der Waals surface area (Å²) in [5, 5.41) is 3.69. The molecule has 1 saturated carbocycles. The summed E-state index contributed by atoms with van der Waals surface area (Å²) in [6, 6.07) is 9.19. The molecule has 0 radical (unpaired) electrons. The predicted molar refractivity (Wildman–Crippen MR) is 78.8 cm³/mol. The Morgan fingerprint density at radius 1 is 1.17 bits per heavy atom. The normalized spacial score (nSPS) is 18.8. The maximum absolute atomic E-state index is 3.69. The molecule has 18 heavy (non-hydrogen) atoms. The van der Waals surface area contributed by atoms with Crippen molar-refractivity contribution in [1.82, 2.24) is 5.32 Å². The van der Waals surface area contributed by atoms with Gasteiger partial charge in [0, 0.05) is 6.04 Å². The molecule has 1 aliphatic rings. The highest BCUT2D eigenvalue weighted by Gasteiger charge is 2.13. The van der Waals surface area contributed by atoms with Crippen LogP contribution in [-0.2, 0) is 0 Å². The van der Waals surface area contributed by atoms with Crippen molar-refractivity contribution in [3.8, 4) is 0 Å². The van der Waals surface area contributed by atoms with Crippen molar-refractivity contribution < 1.29 is 0 Å². The average molecular weight is 245 g/mol. The second-order valence-electron chi connectivity index (χ2n) is 5.83. The van der Waals surface area contributed by atoms with E-state index < -0.39 is 0 Å². The first kappa shape index (κ1) is 13.6. The largest absolute Gasteiger partial charge is 0.310 e. The van der Waals surface area contributed by atoms with E-state index in [1.54, 1.807) is 0 Å². The van der Waals surface area contributed by atoms with Crippen molar-refractivity contribution >= 4 is 0 Å². The molecule has 0 heterocycles. The second-order valence-corrected chi connectivity index (χ2v) is 5.83. The molecule has 0 amide bonds. The fourth-order valence-corrected chi connectivity index (χ4v) is 3.16. The molecule has 0 unspecified atom stereocenters. The third-order valence-corrected chi connectivity index (χ3v) is 4.38. The highest BCUT2D eigenvalue weighted by atomic mass is 14.9. The molecule has 1 aromatic rings. The topological polar surface area (TPSA) is 12.0 Å². The van der Waals surface area contributed by atoms with Gasteiger partial charge in [0.05, 0.1) is 0 Å². The van der Waals surface area contributed by atoms with Gasteiger partial charge < -0.3 is 5.32 Å². The quantitative estimate of drug-likeness (QED) is 0.798. The van der Waals surface area contributed by atoms with Crippen molar-refractivity contribution in [3.05, 3.63) is 35.4 Å². The Morgan fingerprint density at radius 2 is 1.89 bits per heavy atom. The van der Waals surface area contributed by atoms with Crippen LogP contribution >= 0.6 is 0 Å². The van der Waals surface area contributed by atoms with Crippen LogP contribution in [0.4, 0.5) is 0 Å². The molecule has 1 N–H and O–H groups in total. The summed E-state index contributed by atoms with van der Waals surface area (Å²) in [5.74, 6) is 0.982. The van der Waals surface area contributed by atoms with Crippen LogP contribution in [-0.4, -0.2) is 6.54 Å². The van der Waals surface area contributed by atoms with Crippen LogP contribution in [0.25, 0.3) is 0 Å². The molecule has 1 nitrogen and oxygen atoms in total. The van der Waals surface area contributed by atoms with Gasteiger partial charge in [-0.3, -0.25) is 0 Å². The van der Waals surface area contributed by atoms with Crippen LogP contribution in [0.5, 0.6) is 0 Å². The molecule has 1 atom stereocenters. The van der Waals surface area contributed by atoms with Gasteiger partial charge in [0.15, 0.2) is 0 Å². The predicted octanol–water partition coefficient (Wildman–Crippen LogP) is 4.62. The molecular formula is C17H27N. The first-order valence-electron chi connectivity index (χ1n) is 7.56.